The van der Waals surface area contributed by atoms with Crippen molar-refractivity contribution in [2.75, 3.05) is 13.2 Å². The maximum absolute atomic E-state index is 14.2. The van der Waals surface area contributed by atoms with Crippen LogP contribution in [0.5, 0.6) is 23.0 Å². The number of hydrogen-bond donors (Lipinski definition) is 1. The van der Waals surface area contributed by atoms with E-state index in [1.807, 2.05) is 0 Å². The third-order valence-corrected chi connectivity index (χ3v) is 6.32. The molecule has 1 atom stereocenters. The van der Waals surface area contributed by atoms with Gasteiger partial charge in [0.2, 0.25) is 5.75 Å². The van der Waals surface area contributed by atoms with Crippen molar-refractivity contribution in [1.82, 2.24) is 10.3 Å². The fourth-order valence-electron chi connectivity index (χ4n) is 4.18. The van der Waals surface area contributed by atoms with Gasteiger partial charge in [0.1, 0.15) is 11.9 Å². The highest BCUT2D eigenvalue weighted by Crippen LogP contribution is 2.45. The number of nitrogens with zero attached hydrogens (tertiary/aromatic N) is 1. The molecule has 44 heavy (non-hydrogen) atoms. The molecule has 0 unspecified atom stereocenters. The number of nitrogens with one attached hydrogen (secondary N) is 1. The van der Waals surface area contributed by atoms with Gasteiger partial charge in [-0.2, -0.15) is 8.78 Å². The van der Waals surface area contributed by atoms with Crippen LogP contribution in [-0.2, 0) is 11.2 Å². The monoisotopic (exact) mass is 620 g/mol. The van der Waals surface area contributed by atoms with Crippen LogP contribution in [0.15, 0.2) is 41.0 Å². The minimum Gasteiger partial charge on any atom is -0.491 e. The van der Waals surface area contributed by atoms with E-state index < -0.39 is 41.9 Å². The van der Waals surface area contributed by atoms with E-state index in [-0.39, 0.29) is 59.9 Å². The van der Waals surface area contributed by atoms with Crippen LogP contribution in [0.25, 0.3) is 0 Å². The molecule has 1 saturated carbocycles. The first kappa shape index (κ1) is 32.5. The first-order valence-electron chi connectivity index (χ1n) is 14.1. The fourth-order valence-corrected chi connectivity index (χ4v) is 4.18. The summed E-state index contributed by atoms with van der Waals surface area (Å²) >= 11 is 0. The largest absolute Gasteiger partial charge is 0.491 e. The Kier molecular flexibility index (Phi) is 10.3. The van der Waals surface area contributed by atoms with Gasteiger partial charge in [-0.3, -0.25) is 0 Å². The van der Waals surface area contributed by atoms with Crippen molar-refractivity contribution in [2.24, 2.45) is 5.92 Å². The van der Waals surface area contributed by atoms with Crippen LogP contribution >= 0.6 is 0 Å². The fraction of sp³-hybridized carbons (Fsp3) is 0.452. The van der Waals surface area contributed by atoms with Crippen LogP contribution in [0.1, 0.15) is 81.0 Å². The van der Waals surface area contributed by atoms with E-state index in [0.717, 1.165) is 19.1 Å². The zero-order chi connectivity index (χ0) is 32.0. The van der Waals surface area contributed by atoms with Gasteiger partial charge in [0, 0.05) is 11.1 Å². The Morgan fingerprint density at radius 3 is 2.50 bits per heavy atom. The topological polar surface area (TPSA) is 118 Å². The molecule has 1 aliphatic carbocycles. The molecule has 0 radical (unpaired) electrons. The number of aromatic nitrogens is 1. The average molecular weight is 621 g/mol. The van der Waals surface area contributed by atoms with Gasteiger partial charge in [0.15, 0.2) is 34.7 Å². The van der Waals surface area contributed by atoms with Crippen molar-refractivity contribution in [3.8, 4) is 23.0 Å². The number of rotatable bonds is 13. The van der Waals surface area contributed by atoms with Gasteiger partial charge < -0.3 is 33.4 Å². The molecular formula is C31H35F3N2O8. The highest BCUT2D eigenvalue weighted by atomic mass is 19.3. The summed E-state index contributed by atoms with van der Waals surface area (Å²) in [6.07, 6.45) is 2.13. The van der Waals surface area contributed by atoms with E-state index >= 15 is 0 Å². The zero-order valence-electron chi connectivity index (χ0n) is 25.1. The van der Waals surface area contributed by atoms with E-state index in [4.69, 9.17) is 28.1 Å². The first-order valence-corrected chi connectivity index (χ1v) is 14.1. The van der Waals surface area contributed by atoms with Gasteiger partial charge in [-0.1, -0.05) is 12.1 Å². The number of ether oxygens (including phenoxy) is 5. The summed E-state index contributed by atoms with van der Waals surface area (Å²) in [5, 5.41) is 2.59. The summed E-state index contributed by atoms with van der Waals surface area (Å²) in [5.41, 5.74) is -0.400. The summed E-state index contributed by atoms with van der Waals surface area (Å²) in [4.78, 5) is 29.6. The number of halogens is 3. The number of carbonyl (C=O) groups is 2. The third-order valence-electron chi connectivity index (χ3n) is 6.32. The molecular weight excluding hydrogens is 585 g/mol. The number of oxazole rings is 1. The maximum atomic E-state index is 14.2. The molecule has 1 aliphatic rings. The average Bonchev–Trinajstić information content (AvgIpc) is 3.64. The van der Waals surface area contributed by atoms with Gasteiger partial charge in [0.05, 0.1) is 25.7 Å². The molecule has 0 bridgehead atoms. The maximum Gasteiger partial charge on any atom is 0.408 e. The predicted octanol–water partition coefficient (Wildman–Crippen LogP) is 7.00. The first-order chi connectivity index (χ1) is 20.8. The quantitative estimate of drug-likeness (QED) is 0.159. The van der Waals surface area contributed by atoms with Crippen molar-refractivity contribution in [3.63, 3.8) is 0 Å². The highest BCUT2D eigenvalue weighted by Gasteiger charge is 2.30. The predicted molar refractivity (Wildman–Crippen MR) is 151 cm³/mol. The Morgan fingerprint density at radius 1 is 1.09 bits per heavy atom. The lowest BCUT2D eigenvalue weighted by Gasteiger charge is -2.24. The Bertz CT molecular complexity index is 1470. The lowest BCUT2D eigenvalue weighted by Crippen LogP contribution is -2.34. The molecule has 4 rings (SSSR count). The second-order valence-electron chi connectivity index (χ2n) is 11.2. The Balaban J connectivity index is 1.59. The molecule has 1 N–H and O–H groups in total. The highest BCUT2D eigenvalue weighted by molar-refractivity contribution is 5.89. The molecule has 0 saturated heterocycles. The van der Waals surface area contributed by atoms with Crippen LogP contribution in [0.2, 0.25) is 0 Å². The van der Waals surface area contributed by atoms with E-state index in [1.165, 1.54) is 24.3 Å². The number of esters is 1. The smallest absolute Gasteiger partial charge is 0.408 e. The summed E-state index contributed by atoms with van der Waals surface area (Å²) in [6, 6.07) is 6.30. The van der Waals surface area contributed by atoms with Crippen molar-refractivity contribution < 1.29 is 50.9 Å². The van der Waals surface area contributed by atoms with Crippen molar-refractivity contribution in [1.29, 1.82) is 0 Å². The van der Waals surface area contributed by atoms with Crippen LogP contribution in [-0.4, -0.2) is 42.5 Å². The van der Waals surface area contributed by atoms with Gasteiger partial charge >= 0.3 is 18.7 Å². The number of alkyl carbamates (subject to hydrolysis) is 1. The summed E-state index contributed by atoms with van der Waals surface area (Å²) < 4.78 is 73.8. The van der Waals surface area contributed by atoms with Gasteiger partial charge in [0.25, 0.3) is 0 Å². The molecule has 0 aliphatic heterocycles. The van der Waals surface area contributed by atoms with E-state index in [2.05, 4.69) is 10.3 Å². The number of carbonyl (C=O) groups excluding carboxylic acids is 2. The van der Waals surface area contributed by atoms with E-state index in [9.17, 15) is 22.8 Å². The third kappa shape index (κ3) is 8.80. The molecule has 3 aromatic rings. The number of alkyl halides is 2. The molecule has 1 fully saturated rings. The van der Waals surface area contributed by atoms with Gasteiger partial charge in [-0.25, -0.2) is 19.0 Å². The molecule has 1 amide bonds. The van der Waals surface area contributed by atoms with E-state index in [1.54, 1.807) is 40.7 Å². The minimum atomic E-state index is -3.25. The summed E-state index contributed by atoms with van der Waals surface area (Å²) in [7, 11) is 0. The molecule has 13 heteroatoms. The number of benzene rings is 2. The SMILES string of the molecule is CCOc1c(F)cccc1Cc1nc(C(=O)Oc2ccc([C@H](C)NC(=O)OC(C)(C)C)c(OC(F)F)c2OCC2CC2)co1. The number of hydrogen-bond acceptors (Lipinski definition) is 9. The summed E-state index contributed by atoms with van der Waals surface area (Å²) in [6.45, 7) is 5.51. The molecule has 238 valence electrons. The Labute approximate surface area is 252 Å². The van der Waals surface area contributed by atoms with Crippen LogP contribution in [0.4, 0.5) is 18.0 Å². The zero-order valence-corrected chi connectivity index (χ0v) is 25.1. The second-order valence-corrected chi connectivity index (χ2v) is 11.2. The second kappa shape index (κ2) is 13.9. The minimum absolute atomic E-state index is 0.0275. The molecule has 0 spiro atoms. The van der Waals surface area contributed by atoms with E-state index in [0.29, 0.717) is 5.56 Å². The van der Waals surface area contributed by atoms with Crippen molar-refractivity contribution in [2.45, 2.75) is 72.1 Å². The summed E-state index contributed by atoms with van der Waals surface area (Å²) in [5.74, 6) is -1.99. The normalized spacial score (nSPS) is 13.8. The van der Waals surface area contributed by atoms with Crippen molar-refractivity contribution >= 4 is 12.1 Å². The lowest BCUT2D eigenvalue weighted by atomic mass is 10.1. The number of para-hydroxylation sites is 1. The van der Waals surface area contributed by atoms with Crippen LogP contribution in [0.3, 0.4) is 0 Å². The van der Waals surface area contributed by atoms with Gasteiger partial charge in [-0.15, -0.1) is 0 Å². The molecule has 2 aromatic carbocycles. The standard InChI is InChI=1S/C31H35F3N2O8/c1-6-39-25-19(8-7-9-21(25)32)14-24-36-22(16-40-24)28(37)42-23-13-12-20(17(2)35-30(38)44-31(3,4)5)26(43-29(33)34)27(23)41-15-18-10-11-18/h7-9,12-13,16-18,29H,6,10-11,14-15H2,1-5H3,(H,35,38)/t17-/m0/s1. The van der Waals surface area contributed by atoms with Crippen LogP contribution in [0, 0.1) is 11.7 Å². The Hall–Kier alpha value is -4.42. The van der Waals surface area contributed by atoms with Crippen LogP contribution < -0.4 is 24.3 Å². The van der Waals surface area contributed by atoms with Crippen molar-refractivity contribution in [3.05, 3.63) is 65.1 Å². The van der Waals surface area contributed by atoms with Gasteiger partial charge in [-0.05, 0) is 71.6 Å². The lowest BCUT2D eigenvalue weighted by molar-refractivity contribution is -0.0525. The molecule has 10 nitrogen and oxygen atoms in total. The molecule has 1 aromatic heterocycles. The molecule has 1 heterocycles. The number of amides is 1. The Morgan fingerprint density at radius 2 is 1.84 bits per heavy atom.